The van der Waals surface area contributed by atoms with Gasteiger partial charge in [-0.25, -0.2) is 4.98 Å². The molecule has 0 unspecified atom stereocenters. The number of hydrogen-bond donors (Lipinski definition) is 0. The van der Waals surface area contributed by atoms with Crippen molar-refractivity contribution in [3.05, 3.63) is 54.1 Å². The first-order chi connectivity index (χ1) is 9.81. The van der Waals surface area contributed by atoms with Crippen LogP contribution >= 0.6 is 11.6 Å². The number of ether oxygens (including phenoxy) is 1. The lowest BCUT2D eigenvalue weighted by molar-refractivity contribution is 0.414. The van der Waals surface area contributed by atoms with Crippen LogP contribution in [0.4, 0.5) is 0 Å². The van der Waals surface area contributed by atoms with E-state index in [2.05, 4.69) is 20.6 Å². The second kappa shape index (κ2) is 5.51. The predicted octanol–water partition coefficient (Wildman–Crippen LogP) is 3.23. The van der Waals surface area contributed by atoms with Crippen LogP contribution in [-0.4, -0.2) is 21.6 Å². The van der Waals surface area contributed by atoms with Crippen LogP contribution in [0.5, 0.6) is 5.75 Å². The number of methoxy groups -OCH3 is 1. The van der Waals surface area contributed by atoms with Gasteiger partial charge < -0.3 is 9.30 Å². The van der Waals surface area contributed by atoms with E-state index in [4.69, 9.17) is 16.3 Å². The van der Waals surface area contributed by atoms with E-state index in [-0.39, 0.29) is 0 Å². The summed E-state index contributed by atoms with van der Waals surface area (Å²) in [5.74, 6) is 2.07. The lowest BCUT2D eigenvalue weighted by Crippen LogP contribution is -2.04. The molecular formula is C15H14ClN3O. The first-order valence-electron chi connectivity index (χ1n) is 6.30. The number of hydrogen-bond acceptors (Lipinski definition) is 3. The van der Waals surface area contributed by atoms with E-state index in [1.807, 2.05) is 24.3 Å². The zero-order chi connectivity index (χ0) is 13.9. The molecule has 0 amide bonds. The van der Waals surface area contributed by atoms with Crippen LogP contribution in [0.3, 0.4) is 0 Å². The zero-order valence-corrected chi connectivity index (χ0v) is 11.8. The summed E-state index contributed by atoms with van der Waals surface area (Å²) in [7, 11) is 1.67. The van der Waals surface area contributed by atoms with E-state index in [0.717, 1.165) is 28.2 Å². The van der Waals surface area contributed by atoms with Crippen LogP contribution in [-0.2, 0) is 12.4 Å². The molecule has 0 N–H and O–H groups in total. The first kappa shape index (κ1) is 12.9. The molecule has 3 rings (SSSR count). The Morgan fingerprint density at radius 1 is 1.30 bits per heavy atom. The fourth-order valence-electron chi connectivity index (χ4n) is 2.26. The van der Waals surface area contributed by atoms with Crippen molar-refractivity contribution in [1.29, 1.82) is 0 Å². The van der Waals surface area contributed by atoms with Crippen LogP contribution in [0.1, 0.15) is 11.4 Å². The second-order valence-corrected chi connectivity index (χ2v) is 4.73. The van der Waals surface area contributed by atoms with Crippen molar-refractivity contribution in [3.63, 3.8) is 0 Å². The van der Waals surface area contributed by atoms with E-state index in [1.54, 1.807) is 19.5 Å². The van der Waals surface area contributed by atoms with Gasteiger partial charge in [0, 0.05) is 12.7 Å². The molecule has 3 aromatic rings. The molecule has 0 aliphatic rings. The Bertz CT molecular complexity index is 739. The van der Waals surface area contributed by atoms with Crippen molar-refractivity contribution in [2.75, 3.05) is 7.11 Å². The number of alkyl halides is 1. The molecule has 20 heavy (non-hydrogen) atoms. The maximum absolute atomic E-state index is 6.00. The smallest absolute Gasteiger partial charge is 0.125 e. The van der Waals surface area contributed by atoms with Gasteiger partial charge in [-0.15, -0.1) is 11.6 Å². The highest BCUT2D eigenvalue weighted by molar-refractivity contribution is 6.16. The predicted molar refractivity (Wildman–Crippen MR) is 79.2 cm³/mol. The van der Waals surface area contributed by atoms with Crippen LogP contribution in [0.15, 0.2) is 42.7 Å². The van der Waals surface area contributed by atoms with E-state index in [0.29, 0.717) is 12.4 Å². The molecule has 1 aromatic carbocycles. The molecule has 4 nitrogen and oxygen atoms in total. The van der Waals surface area contributed by atoms with Gasteiger partial charge in [0.25, 0.3) is 0 Å². The van der Waals surface area contributed by atoms with Gasteiger partial charge in [-0.2, -0.15) is 0 Å². The van der Waals surface area contributed by atoms with E-state index >= 15 is 0 Å². The SMILES string of the molecule is COc1cccc(Cn2c(CCl)nc3cnccc32)c1. The third kappa shape index (κ3) is 2.34. The Morgan fingerprint density at radius 2 is 2.20 bits per heavy atom. The van der Waals surface area contributed by atoms with E-state index < -0.39 is 0 Å². The number of rotatable bonds is 4. The largest absolute Gasteiger partial charge is 0.497 e. The molecule has 0 spiro atoms. The lowest BCUT2D eigenvalue weighted by atomic mass is 10.2. The highest BCUT2D eigenvalue weighted by Crippen LogP contribution is 2.20. The number of aromatic nitrogens is 3. The maximum Gasteiger partial charge on any atom is 0.125 e. The fraction of sp³-hybridized carbons (Fsp3) is 0.200. The summed E-state index contributed by atoms with van der Waals surface area (Å²) in [6.07, 6.45) is 3.53. The maximum atomic E-state index is 6.00. The highest BCUT2D eigenvalue weighted by atomic mass is 35.5. The van der Waals surface area contributed by atoms with Crippen LogP contribution in [0.25, 0.3) is 11.0 Å². The summed E-state index contributed by atoms with van der Waals surface area (Å²) in [4.78, 5) is 8.60. The molecule has 0 saturated carbocycles. The van der Waals surface area contributed by atoms with Gasteiger partial charge in [-0.1, -0.05) is 12.1 Å². The molecule has 5 heteroatoms. The first-order valence-corrected chi connectivity index (χ1v) is 6.83. The monoisotopic (exact) mass is 287 g/mol. The summed E-state index contributed by atoms with van der Waals surface area (Å²) in [6, 6.07) is 9.95. The van der Waals surface area contributed by atoms with Crippen LogP contribution in [0.2, 0.25) is 0 Å². The molecular weight excluding hydrogens is 274 g/mol. The quantitative estimate of drug-likeness (QED) is 0.692. The average molecular weight is 288 g/mol. The minimum Gasteiger partial charge on any atom is -0.497 e. The molecule has 2 heterocycles. The number of benzene rings is 1. The molecule has 102 valence electrons. The molecule has 0 aliphatic heterocycles. The summed E-state index contributed by atoms with van der Waals surface area (Å²) >= 11 is 6.00. The van der Waals surface area contributed by atoms with Crippen LogP contribution < -0.4 is 4.74 Å². The third-order valence-corrected chi connectivity index (χ3v) is 3.46. The summed E-state index contributed by atoms with van der Waals surface area (Å²) in [5, 5.41) is 0. The Hall–Kier alpha value is -2.07. The Kier molecular flexibility index (Phi) is 3.56. The molecule has 0 atom stereocenters. The van der Waals surface area contributed by atoms with Crippen molar-refractivity contribution in [3.8, 4) is 5.75 Å². The van der Waals surface area contributed by atoms with Gasteiger partial charge in [0.15, 0.2) is 0 Å². The van der Waals surface area contributed by atoms with Gasteiger partial charge in [0.05, 0.1) is 24.7 Å². The number of imidazole rings is 1. The standard InChI is InChI=1S/C15H14ClN3O/c1-20-12-4-2-3-11(7-12)10-19-14-5-6-17-9-13(14)18-15(19)8-16/h2-7,9H,8,10H2,1H3. The molecule has 0 bridgehead atoms. The third-order valence-electron chi connectivity index (χ3n) is 3.22. The average Bonchev–Trinajstić information content (AvgIpc) is 2.85. The van der Waals surface area contributed by atoms with E-state index in [1.165, 1.54) is 0 Å². The molecule has 0 fully saturated rings. The fourth-order valence-corrected chi connectivity index (χ4v) is 2.47. The topological polar surface area (TPSA) is 39.9 Å². The van der Waals surface area contributed by atoms with Crippen molar-refractivity contribution in [2.45, 2.75) is 12.4 Å². The zero-order valence-electron chi connectivity index (χ0n) is 11.1. The minimum absolute atomic E-state index is 0.374. The Labute approximate surface area is 122 Å². The van der Waals surface area contributed by atoms with Gasteiger partial charge in [0.2, 0.25) is 0 Å². The lowest BCUT2D eigenvalue weighted by Gasteiger charge is -2.09. The van der Waals surface area contributed by atoms with Crippen molar-refractivity contribution in [2.24, 2.45) is 0 Å². The number of nitrogens with zero attached hydrogens (tertiary/aromatic N) is 3. The van der Waals surface area contributed by atoms with E-state index in [9.17, 15) is 0 Å². The van der Waals surface area contributed by atoms with Gasteiger partial charge in [0.1, 0.15) is 17.1 Å². The molecule has 0 radical (unpaired) electrons. The number of halogens is 1. The summed E-state index contributed by atoms with van der Waals surface area (Å²) in [5.41, 5.74) is 3.05. The van der Waals surface area contributed by atoms with Crippen molar-refractivity contribution in [1.82, 2.24) is 14.5 Å². The summed E-state index contributed by atoms with van der Waals surface area (Å²) in [6.45, 7) is 0.708. The Morgan fingerprint density at radius 3 is 3.00 bits per heavy atom. The van der Waals surface area contributed by atoms with Crippen LogP contribution in [0, 0.1) is 0 Å². The molecule has 2 aromatic heterocycles. The second-order valence-electron chi connectivity index (χ2n) is 4.46. The van der Waals surface area contributed by atoms with Gasteiger partial charge in [-0.3, -0.25) is 4.98 Å². The normalized spacial score (nSPS) is 10.9. The molecule has 0 aliphatic carbocycles. The van der Waals surface area contributed by atoms with Gasteiger partial charge in [-0.05, 0) is 23.8 Å². The van der Waals surface area contributed by atoms with Gasteiger partial charge >= 0.3 is 0 Å². The molecule has 0 saturated heterocycles. The Balaban J connectivity index is 2.04. The number of fused-ring (bicyclic) bond motifs is 1. The summed E-state index contributed by atoms with van der Waals surface area (Å²) < 4.78 is 7.37. The number of pyridine rings is 1. The van der Waals surface area contributed by atoms with Crippen molar-refractivity contribution < 1.29 is 4.74 Å². The highest BCUT2D eigenvalue weighted by Gasteiger charge is 2.10. The minimum atomic E-state index is 0.374. The van der Waals surface area contributed by atoms with Crippen molar-refractivity contribution >= 4 is 22.6 Å².